The molecular weight excluding hydrogens is 252 g/mol. The van der Waals surface area contributed by atoms with E-state index in [9.17, 15) is 4.79 Å². The quantitative estimate of drug-likeness (QED) is 0.345. The van der Waals surface area contributed by atoms with Crippen LogP contribution in [-0.4, -0.2) is 20.7 Å². The predicted octanol–water partition coefficient (Wildman–Crippen LogP) is 4.81. The van der Waals surface area contributed by atoms with Gasteiger partial charge in [0.2, 0.25) is 0 Å². The summed E-state index contributed by atoms with van der Waals surface area (Å²) in [6.07, 6.45) is 8.76. The van der Waals surface area contributed by atoms with Crippen LogP contribution in [0.2, 0.25) is 19.6 Å². The minimum Gasteiger partial charge on any atom is -0.412 e. The van der Waals surface area contributed by atoms with Gasteiger partial charge in [0.1, 0.15) is 6.29 Å². The Kier molecular flexibility index (Phi) is 7.83. The molecule has 0 aliphatic carbocycles. The summed E-state index contributed by atoms with van der Waals surface area (Å²) in [5.74, 6) is 0.178. The maximum Gasteiger partial charge on any atom is 0.184 e. The molecule has 2 unspecified atom stereocenters. The Hall–Kier alpha value is -0.413. The van der Waals surface area contributed by atoms with E-state index < -0.39 is 8.32 Å². The largest absolute Gasteiger partial charge is 0.412 e. The van der Waals surface area contributed by atoms with Gasteiger partial charge in [0.15, 0.2) is 8.32 Å². The van der Waals surface area contributed by atoms with E-state index in [2.05, 4.69) is 52.6 Å². The molecule has 2 nitrogen and oxygen atoms in total. The van der Waals surface area contributed by atoms with Gasteiger partial charge in [-0.2, -0.15) is 0 Å². The fraction of sp³-hybridized carbons (Fsp3) is 0.812. The zero-order valence-corrected chi connectivity index (χ0v) is 14.8. The van der Waals surface area contributed by atoms with E-state index in [1.165, 1.54) is 0 Å². The minimum atomic E-state index is -1.44. The summed E-state index contributed by atoms with van der Waals surface area (Å²) in [6, 6.07) is 0. The number of hydrogen-bond donors (Lipinski definition) is 0. The van der Waals surface area contributed by atoms with Crippen LogP contribution < -0.4 is 0 Å². The van der Waals surface area contributed by atoms with Gasteiger partial charge >= 0.3 is 0 Å². The molecule has 112 valence electrons. The van der Waals surface area contributed by atoms with E-state index >= 15 is 0 Å². The molecule has 19 heavy (non-hydrogen) atoms. The van der Waals surface area contributed by atoms with Crippen LogP contribution in [0, 0.1) is 11.3 Å². The van der Waals surface area contributed by atoms with Crippen molar-refractivity contribution in [3.63, 3.8) is 0 Å². The van der Waals surface area contributed by atoms with Crippen LogP contribution in [0.4, 0.5) is 0 Å². The lowest BCUT2D eigenvalue weighted by molar-refractivity contribution is -0.110. The van der Waals surface area contributed by atoms with Gasteiger partial charge in [0, 0.05) is 5.92 Å². The van der Waals surface area contributed by atoms with Crippen LogP contribution in [0.15, 0.2) is 12.2 Å². The maximum atomic E-state index is 10.6. The first-order valence-corrected chi connectivity index (χ1v) is 10.8. The van der Waals surface area contributed by atoms with E-state index in [4.69, 9.17) is 4.43 Å². The third kappa shape index (κ3) is 11.1. The Balaban J connectivity index is 4.11. The number of hydrogen-bond acceptors (Lipinski definition) is 2. The molecule has 2 atom stereocenters. The number of allylic oxidation sites excluding steroid dienone is 1. The Labute approximate surface area is 120 Å². The van der Waals surface area contributed by atoms with E-state index in [0.717, 1.165) is 25.5 Å². The van der Waals surface area contributed by atoms with Crippen molar-refractivity contribution in [3.8, 4) is 0 Å². The molecule has 0 aliphatic rings. The highest BCUT2D eigenvalue weighted by Gasteiger charge is 2.19. The van der Waals surface area contributed by atoms with E-state index in [1.807, 2.05) is 6.92 Å². The summed E-state index contributed by atoms with van der Waals surface area (Å²) < 4.78 is 5.97. The molecule has 0 radical (unpaired) electrons. The SMILES string of the molecule is CC(C=O)CCC(C)(C)CC=CC(C)O[Si](C)(C)C. The molecule has 0 aromatic heterocycles. The standard InChI is InChI=1S/C16H32O2Si/c1-14(13-17)10-12-16(3,4)11-8-9-15(2)18-19(5,6)7/h8-9,13-15H,10-12H2,1-7H3. The van der Waals surface area contributed by atoms with Crippen molar-refractivity contribution in [3.05, 3.63) is 12.2 Å². The van der Waals surface area contributed by atoms with Gasteiger partial charge in [0.05, 0.1) is 6.10 Å². The smallest absolute Gasteiger partial charge is 0.184 e. The van der Waals surface area contributed by atoms with Crippen molar-refractivity contribution in [2.75, 3.05) is 0 Å². The lowest BCUT2D eigenvalue weighted by Crippen LogP contribution is -2.29. The Morgan fingerprint density at radius 3 is 2.26 bits per heavy atom. The summed E-state index contributed by atoms with van der Waals surface area (Å²) >= 11 is 0. The summed E-state index contributed by atoms with van der Waals surface area (Å²) in [5, 5.41) is 0. The topological polar surface area (TPSA) is 26.3 Å². The first-order valence-electron chi connectivity index (χ1n) is 7.35. The second-order valence-electron chi connectivity index (χ2n) is 7.38. The summed E-state index contributed by atoms with van der Waals surface area (Å²) in [5.41, 5.74) is 0.257. The molecule has 0 amide bonds. The zero-order valence-electron chi connectivity index (χ0n) is 13.8. The Morgan fingerprint density at radius 2 is 1.79 bits per heavy atom. The molecule has 0 aromatic carbocycles. The molecule has 0 N–H and O–H groups in total. The van der Waals surface area contributed by atoms with Crippen LogP contribution >= 0.6 is 0 Å². The Morgan fingerprint density at radius 1 is 1.21 bits per heavy atom. The average molecular weight is 285 g/mol. The highest BCUT2D eigenvalue weighted by atomic mass is 28.4. The number of carbonyl (C=O) groups is 1. The van der Waals surface area contributed by atoms with Gasteiger partial charge in [0.25, 0.3) is 0 Å². The van der Waals surface area contributed by atoms with Gasteiger partial charge in [-0.1, -0.05) is 32.9 Å². The van der Waals surface area contributed by atoms with Crippen molar-refractivity contribution in [2.24, 2.45) is 11.3 Å². The molecule has 0 heterocycles. The number of carbonyl (C=O) groups excluding carboxylic acids is 1. The lowest BCUT2D eigenvalue weighted by Gasteiger charge is -2.24. The third-order valence-electron chi connectivity index (χ3n) is 3.13. The summed E-state index contributed by atoms with van der Waals surface area (Å²) in [4.78, 5) is 10.6. The molecule has 0 saturated carbocycles. The normalized spacial score (nSPS) is 16.6. The summed E-state index contributed by atoms with van der Waals surface area (Å²) in [7, 11) is -1.44. The first kappa shape index (κ1) is 18.6. The monoisotopic (exact) mass is 284 g/mol. The second kappa shape index (κ2) is 8.00. The average Bonchev–Trinajstić information content (AvgIpc) is 2.23. The van der Waals surface area contributed by atoms with Crippen LogP contribution in [0.25, 0.3) is 0 Å². The highest BCUT2D eigenvalue weighted by Crippen LogP contribution is 2.29. The molecule has 0 fully saturated rings. The molecular formula is C16H32O2Si. The van der Waals surface area contributed by atoms with Gasteiger partial charge < -0.3 is 9.22 Å². The van der Waals surface area contributed by atoms with Gasteiger partial charge in [-0.05, 0) is 51.2 Å². The first-order chi connectivity index (χ1) is 8.56. The highest BCUT2D eigenvalue weighted by molar-refractivity contribution is 6.69. The van der Waals surface area contributed by atoms with E-state index in [-0.39, 0.29) is 17.4 Å². The van der Waals surface area contributed by atoms with Gasteiger partial charge in [-0.15, -0.1) is 0 Å². The molecule has 0 aromatic rings. The maximum absolute atomic E-state index is 10.6. The Bertz CT molecular complexity index is 290. The van der Waals surface area contributed by atoms with Gasteiger partial charge in [-0.3, -0.25) is 0 Å². The second-order valence-corrected chi connectivity index (χ2v) is 11.8. The van der Waals surface area contributed by atoms with Crippen molar-refractivity contribution in [1.29, 1.82) is 0 Å². The van der Waals surface area contributed by atoms with Crippen LogP contribution in [0.1, 0.15) is 47.0 Å². The van der Waals surface area contributed by atoms with Crippen molar-refractivity contribution >= 4 is 14.6 Å². The minimum absolute atomic E-state index is 0.178. The molecule has 0 rings (SSSR count). The van der Waals surface area contributed by atoms with Crippen molar-refractivity contribution < 1.29 is 9.22 Å². The number of aldehydes is 1. The molecule has 0 aliphatic heterocycles. The van der Waals surface area contributed by atoms with E-state index in [1.54, 1.807) is 0 Å². The summed E-state index contributed by atoms with van der Waals surface area (Å²) in [6.45, 7) is 15.3. The predicted molar refractivity (Wildman–Crippen MR) is 85.9 cm³/mol. The van der Waals surface area contributed by atoms with Crippen LogP contribution in [0.3, 0.4) is 0 Å². The van der Waals surface area contributed by atoms with E-state index in [0.29, 0.717) is 0 Å². The van der Waals surface area contributed by atoms with Crippen LogP contribution in [-0.2, 0) is 9.22 Å². The number of rotatable bonds is 9. The molecule has 0 saturated heterocycles. The van der Waals surface area contributed by atoms with Crippen LogP contribution in [0.5, 0.6) is 0 Å². The molecule has 0 bridgehead atoms. The lowest BCUT2D eigenvalue weighted by atomic mass is 9.82. The van der Waals surface area contributed by atoms with Crippen molar-refractivity contribution in [2.45, 2.75) is 72.7 Å². The van der Waals surface area contributed by atoms with Gasteiger partial charge in [-0.25, -0.2) is 0 Å². The fourth-order valence-corrected chi connectivity index (χ4v) is 3.16. The molecule has 0 spiro atoms. The zero-order chi connectivity index (χ0) is 15.1. The van der Waals surface area contributed by atoms with Crippen molar-refractivity contribution in [1.82, 2.24) is 0 Å². The molecule has 3 heteroatoms. The fourth-order valence-electron chi connectivity index (χ4n) is 1.96. The third-order valence-corrected chi connectivity index (χ3v) is 4.20.